The minimum Gasteiger partial charge on any atom is -0.497 e. The normalized spacial score (nSPS) is 11.6. The van der Waals surface area contributed by atoms with E-state index in [-0.39, 0.29) is 0 Å². The molecule has 1 atom stereocenters. The maximum atomic E-state index is 12.4. The van der Waals surface area contributed by atoms with E-state index in [2.05, 4.69) is 5.10 Å². The maximum Gasteiger partial charge on any atom is 0.267 e. The molecule has 8 nitrogen and oxygen atoms in total. The largest absolute Gasteiger partial charge is 0.497 e. The van der Waals surface area contributed by atoms with Gasteiger partial charge in [0, 0.05) is 31.8 Å². The summed E-state index contributed by atoms with van der Waals surface area (Å²) in [5.74, 6) is 0.0896. The van der Waals surface area contributed by atoms with Gasteiger partial charge in [0.2, 0.25) is 0 Å². The molecular weight excluding hydrogens is 338 g/mol. The fraction of sp³-hybridized carbons (Fsp3) is 0.333. The van der Waals surface area contributed by atoms with Gasteiger partial charge in [0.1, 0.15) is 11.5 Å². The Bertz CT molecular complexity index is 889. The van der Waals surface area contributed by atoms with Crippen LogP contribution >= 0.6 is 0 Å². The molecular formula is C18H21N3O5. The number of benzene rings is 1. The monoisotopic (exact) mass is 359 g/mol. The van der Waals surface area contributed by atoms with E-state index < -0.39 is 23.3 Å². The molecule has 1 aromatic heterocycles. The SMILES string of the molecule is COc1ccc(-c2ccc(=O)n(C(C(C)=O)C(=O)N(C)C)n2)c(OC)c1. The fourth-order valence-corrected chi connectivity index (χ4v) is 2.46. The van der Waals surface area contributed by atoms with Crippen LogP contribution in [0, 0.1) is 0 Å². The van der Waals surface area contributed by atoms with Crippen LogP contribution in [0.1, 0.15) is 13.0 Å². The molecule has 138 valence electrons. The summed E-state index contributed by atoms with van der Waals surface area (Å²) in [6.07, 6.45) is 0. The number of ketones is 1. The first kappa shape index (κ1) is 19.2. The summed E-state index contributed by atoms with van der Waals surface area (Å²) in [6.45, 7) is 1.25. The number of methoxy groups -OCH3 is 2. The van der Waals surface area contributed by atoms with Crippen molar-refractivity contribution >= 4 is 11.7 Å². The molecule has 1 amide bonds. The highest BCUT2D eigenvalue weighted by Gasteiger charge is 2.29. The Morgan fingerprint density at radius 3 is 2.35 bits per heavy atom. The molecule has 1 aromatic carbocycles. The number of Topliss-reactive ketones (excluding diaryl/α,β-unsaturated/α-hetero) is 1. The molecule has 0 aliphatic heterocycles. The molecule has 0 fully saturated rings. The second-order valence-corrected chi connectivity index (χ2v) is 5.81. The first-order valence-corrected chi connectivity index (χ1v) is 7.84. The highest BCUT2D eigenvalue weighted by Crippen LogP contribution is 2.31. The number of carbonyl (C=O) groups excluding carboxylic acids is 2. The van der Waals surface area contributed by atoms with Gasteiger partial charge in [-0.15, -0.1) is 0 Å². The van der Waals surface area contributed by atoms with Gasteiger partial charge >= 0.3 is 0 Å². The summed E-state index contributed by atoms with van der Waals surface area (Å²) in [5.41, 5.74) is 0.445. The third kappa shape index (κ3) is 3.74. The Hall–Kier alpha value is -3.16. The third-order valence-electron chi connectivity index (χ3n) is 3.81. The molecule has 0 aliphatic carbocycles. The molecule has 0 saturated heterocycles. The summed E-state index contributed by atoms with van der Waals surface area (Å²) in [4.78, 5) is 37.9. The number of ether oxygens (including phenoxy) is 2. The zero-order valence-corrected chi connectivity index (χ0v) is 15.3. The summed E-state index contributed by atoms with van der Waals surface area (Å²) in [6, 6.07) is 6.60. The average Bonchev–Trinajstić information content (AvgIpc) is 2.62. The molecule has 0 radical (unpaired) electrons. The van der Waals surface area contributed by atoms with E-state index in [4.69, 9.17) is 9.47 Å². The second-order valence-electron chi connectivity index (χ2n) is 5.81. The zero-order chi connectivity index (χ0) is 19.4. The van der Waals surface area contributed by atoms with E-state index in [9.17, 15) is 14.4 Å². The predicted molar refractivity (Wildman–Crippen MR) is 95.4 cm³/mol. The van der Waals surface area contributed by atoms with Crippen LogP contribution in [0.5, 0.6) is 11.5 Å². The lowest BCUT2D eigenvalue weighted by molar-refractivity contribution is -0.138. The van der Waals surface area contributed by atoms with Gasteiger partial charge in [0.15, 0.2) is 11.8 Å². The van der Waals surface area contributed by atoms with Crippen molar-refractivity contribution in [1.29, 1.82) is 0 Å². The standard InChI is InChI=1S/C18H21N3O5/c1-11(22)17(18(24)20(2)3)21-16(23)9-8-14(19-21)13-7-6-12(25-4)10-15(13)26-5/h6-10,17H,1-5H3. The van der Waals surface area contributed by atoms with Gasteiger partial charge < -0.3 is 14.4 Å². The van der Waals surface area contributed by atoms with Crippen molar-refractivity contribution in [2.75, 3.05) is 28.3 Å². The predicted octanol–water partition coefficient (Wildman–Crippen LogP) is 1.15. The van der Waals surface area contributed by atoms with Crippen molar-refractivity contribution in [3.8, 4) is 22.8 Å². The highest BCUT2D eigenvalue weighted by atomic mass is 16.5. The van der Waals surface area contributed by atoms with Gasteiger partial charge in [0.25, 0.3) is 11.5 Å². The van der Waals surface area contributed by atoms with Crippen molar-refractivity contribution in [1.82, 2.24) is 14.7 Å². The van der Waals surface area contributed by atoms with E-state index in [0.717, 1.165) is 4.68 Å². The molecule has 1 heterocycles. The van der Waals surface area contributed by atoms with Crippen LogP contribution in [0.4, 0.5) is 0 Å². The fourth-order valence-electron chi connectivity index (χ4n) is 2.46. The third-order valence-corrected chi connectivity index (χ3v) is 3.81. The molecule has 8 heteroatoms. The van der Waals surface area contributed by atoms with Crippen molar-refractivity contribution in [2.45, 2.75) is 13.0 Å². The van der Waals surface area contributed by atoms with Crippen molar-refractivity contribution < 1.29 is 19.1 Å². The molecule has 0 N–H and O–H groups in total. The summed E-state index contributed by atoms with van der Waals surface area (Å²) < 4.78 is 11.4. The number of carbonyl (C=O) groups is 2. The Morgan fingerprint density at radius 1 is 1.12 bits per heavy atom. The van der Waals surface area contributed by atoms with Gasteiger partial charge in [0.05, 0.1) is 19.9 Å². The van der Waals surface area contributed by atoms with Gasteiger partial charge in [-0.1, -0.05) is 0 Å². The number of amides is 1. The lowest BCUT2D eigenvalue weighted by Gasteiger charge is -2.20. The van der Waals surface area contributed by atoms with E-state index >= 15 is 0 Å². The van der Waals surface area contributed by atoms with Crippen LogP contribution in [-0.4, -0.2) is 54.7 Å². The smallest absolute Gasteiger partial charge is 0.267 e. The molecule has 0 aliphatic rings. The molecule has 0 spiro atoms. The molecule has 26 heavy (non-hydrogen) atoms. The molecule has 0 saturated carbocycles. The van der Waals surface area contributed by atoms with Crippen molar-refractivity contribution in [2.24, 2.45) is 0 Å². The quantitative estimate of drug-likeness (QED) is 0.719. The second kappa shape index (κ2) is 7.81. The number of rotatable bonds is 6. The topological polar surface area (TPSA) is 90.7 Å². The Labute approximate surface area is 150 Å². The van der Waals surface area contributed by atoms with E-state index in [1.807, 2.05) is 0 Å². The van der Waals surface area contributed by atoms with Crippen molar-refractivity contribution in [3.63, 3.8) is 0 Å². The number of aromatic nitrogens is 2. The average molecular weight is 359 g/mol. The number of hydrogen-bond acceptors (Lipinski definition) is 6. The van der Waals surface area contributed by atoms with Gasteiger partial charge in [-0.05, 0) is 25.1 Å². The molecule has 0 bridgehead atoms. The summed E-state index contributed by atoms with van der Waals surface area (Å²) in [7, 11) is 6.07. The number of nitrogens with zero attached hydrogens (tertiary/aromatic N) is 3. The molecule has 2 aromatic rings. The lowest BCUT2D eigenvalue weighted by Crippen LogP contribution is -2.41. The zero-order valence-electron chi connectivity index (χ0n) is 15.3. The Kier molecular flexibility index (Phi) is 5.76. The molecule has 1 unspecified atom stereocenters. The summed E-state index contributed by atoms with van der Waals surface area (Å²) >= 11 is 0. The lowest BCUT2D eigenvalue weighted by atomic mass is 10.1. The van der Waals surface area contributed by atoms with Gasteiger partial charge in [-0.25, -0.2) is 4.68 Å². The van der Waals surface area contributed by atoms with Crippen LogP contribution in [0.3, 0.4) is 0 Å². The minimum atomic E-state index is -1.32. The van der Waals surface area contributed by atoms with E-state index in [1.54, 1.807) is 18.2 Å². The number of likely N-dealkylation sites (N-methyl/N-ethyl adjacent to an activating group) is 1. The van der Waals surface area contributed by atoms with Crippen LogP contribution in [0.2, 0.25) is 0 Å². The van der Waals surface area contributed by atoms with E-state index in [1.165, 1.54) is 52.3 Å². The first-order chi connectivity index (χ1) is 12.3. The Morgan fingerprint density at radius 2 is 1.81 bits per heavy atom. The van der Waals surface area contributed by atoms with Crippen LogP contribution in [0.15, 0.2) is 35.1 Å². The number of hydrogen-bond donors (Lipinski definition) is 0. The Balaban J connectivity index is 2.62. The highest BCUT2D eigenvalue weighted by molar-refractivity contribution is 6.02. The molecule has 2 rings (SSSR count). The van der Waals surface area contributed by atoms with Crippen LogP contribution < -0.4 is 15.0 Å². The van der Waals surface area contributed by atoms with Gasteiger partial charge in [-0.3, -0.25) is 14.4 Å². The van der Waals surface area contributed by atoms with E-state index in [0.29, 0.717) is 22.8 Å². The van der Waals surface area contributed by atoms with Crippen LogP contribution in [-0.2, 0) is 9.59 Å². The van der Waals surface area contributed by atoms with Crippen LogP contribution in [0.25, 0.3) is 11.3 Å². The van der Waals surface area contributed by atoms with Crippen molar-refractivity contribution in [3.05, 3.63) is 40.7 Å². The van der Waals surface area contributed by atoms with Gasteiger partial charge in [-0.2, -0.15) is 5.10 Å². The maximum absolute atomic E-state index is 12.4. The summed E-state index contributed by atoms with van der Waals surface area (Å²) in [5, 5.41) is 4.25. The first-order valence-electron chi connectivity index (χ1n) is 7.84. The minimum absolute atomic E-state index is 0.391.